The van der Waals surface area contributed by atoms with Crippen molar-refractivity contribution in [1.82, 2.24) is 19.9 Å². The lowest BCUT2D eigenvalue weighted by molar-refractivity contribution is 0.361. The number of pyridine rings is 1. The predicted octanol–water partition coefficient (Wildman–Crippen LogP) is 11.8. The molecule has 10 rings (SSSR count). The van der Waals surface area contributed by atoms with E-state index in [0.717, 1.165) is 50.4 Å². The third-order valence-corrected chi connectivity index (χ3v) is 10.3. The molecule has 0 atom stereocenters. The molecule has 6 aromatic carbocycles. The van der Waals surface area contributed by atoms with Crippen molar-refractivity contribution in [2.75, 3.05) is 0 Å². The number of benzene rings is 6. The quantitative estimate of drug-likeness (QED) is 0.180. The molecule has 53 heavy (non-hydrogen) atoms. The van der Waals surface area contributed by atoms with Crippen LogP contribution in [0.5, 0.6) is 23.0 Å². The molecule has 8 aromatic rings. The second-order valence-corrected chi connectivity index (χ2v) is 13.8. The molecule has 0 unspecified atom stereocenters. The third kappa shape index (κ3) is 5.10. The Balaban J connectivity index is 1.13. The summed E-state index contributed by atoms with van der Waals surface area (Å²) in [5.74, 6) is 4.47. The first kappa shape index (κ1) is 30.9. The molecule has 0 fully saturated rings. The van der Waals surface area contributed by atoms with Gasteiger partial charge in [0.25, 0.3) is 0 Å². The Kier molecular flexibility index (Phi) is 7.05. The van der Waals surface area contributed by atoms with Crippen LogP contribution in [0.25, 0.3) is 67.7 Å². The summed E-state index contributed by atoms with van der Waals surface area (Å²) >= 11 is 0. The van der Waals surface area contributed by atoms with E-state index in [1.165, 1.54) is 16.7 Å². The van der Waals surface area contributed by atoms with Crippen LogP contribution in [0.15, 0.2) is 158 Å². The molecule has 0 saturated heterocycles. The van der Waals surface area contributed by atoms with E-state index in [2.05, 4.69) is 79.5 Å². The number of aromatic nitrogens is 4. The van der Waals surface area contributed by atoms with Gasteiger partial charge in [-0.1, -0.05) is 135 Å². The summed E-state index contributed by atoms with van der Waals surface area (Å²) in [5, 5.41) is 0. The summed E-state index contributed by atoms with van der Waals surface area (Å²) < 4.78 is 13.6. The highest BCUT2D eigenvalue weighted by molar-refractivity contribution is 5.91. The fourth-order valence-electron chi connectivity index (χ4n) is 7.66. The second-order valence-electron chi connectivity index (χ2n) is 13.8. The Morgan fingerprint density at radius 1 is 0.434 bits per heavy atom. The molecule has 6 heteroatoms. The van der Waals surface area contributed by atoms with Crippen molar-refractivity contribution >= 4 is 0 Å². The number of para-hydroxylation sites is 1. The van der Waals surface area contributed by atoms with Crippen molar-refractivity contribution in [1.29, 1.82) is 0 Å². The highest BCUT2D eigenvalue weighted by Crippen LogP contribution is 2.59. The minimum atomic E-state index is -0.166. The highest BCUT2D eigenvalue weighted by Gasteiger charge is 2.40. The van der Waals surface area contributed by atoms with Gasteiger partial charge in [-0.3, -0.25) is 4.98 Å². The summed E-state index contributed by atoms with van der Waals surface area (Å²) in [6, 6.07) is 51.1. The molecule has 6 nitrogen and oxygen atoms in total. The van der Waals surface area contributed by atoms with Gasteiger partial charge in [-0.15, -0.1) is 0 Å². The van der Waals surface area contributed by atoms with E-state index in [9.17, 15) is 0 Å². The summed E-state index contributed by atoms with van der Waals surface area (Å²) in [6.45, 7) is 4.54. The van der Waals surface area contributed by atoms with E-state index in [0.29, 0.717) is 34.7 Å². The average Bonchev–Trinajstić information content (AvgIpc) is 3.46. The molecule has 0 N–H and O–H groups in total. The van der Waals surface area contributed by atoms with Crippen LogP contribution >= 0.6 is 0 Å². The normalized spacial score (nSPS) is 13.2. The molecule has 0 radical (unpaired) electrons. The maximum Gasteiger partial charge on any atom is 0.178 e. The van der Waals surface area contributed by atoms with Crippen molar-refractivity contribution in [3.05, 3.63) is 169 Å². The third-order valence-electron chi connectivity index (χ3n) is 10.3. The zero-order valence-electron chi connectivity index (χ0n) is 29.1. The van der Waals surface area contributed by atoms with Gasteiger partial charge in [-0.05, 0) is 52.6 Å². The largest absolute Gasteiger partial charge is 0.449 e. The lowest BCUT2D eigenvalue weighted by Crippen LogP contribution is -2.15. The van der Waals surface area contributed by atoms with Crippen LogP contribution in [0.1, 0.15) is 25.0 Å². The maximum absolute atomic E-state index is 7.00. The van der Waals surface area contributed by atoms with Gasteiger partial charge >= 0.3 is 0 Å². The Labute approximate surface area is 307 Å². The van der Waals surface area contributed by atoms with Crippen molar-refractivity contribution in [3.63, 3.8) is 0 Å². The van der Waals surface area contributed by atoms with Crippen LogP contribution in [0.3, 0.4) is 0 Å². The Hall–Kier alpha value is -6.92. The van der Waals surface area contributed by atoms with Gasteiger partial charge < -0.3 is 9.47 Å². The van der Waals surface area contributed by atoms with Gasteiger partial charge in [0.1, 0.15) is 0 Å². The topological polar surface area (TPSA) is 70.0 Å². The summed E-state index contributed by atoms with van der Waals surface area (Å²) in [7, 11) is 0. The molecular formula is C47H32N4O2. The van der Waals surface area contributed by atoms with E-state index in [1.807, 2.05) is 91.0 Å². The molecule has 0 amide bonds. The number of hydrogen-bond acceptors (Lipinski definition) is 6. The molecule has 252 valence electrons. The van der Waals surface area contributed by atoms with E-state index in [4.69, 9.17) is 24.4 Å². The van der Waals surface area contributed by atoms with Gasteiger partial charge in [0.2, 0.25) is 0 Å². The zero-order valence-corrected chi connectivity index (χ0v) is 29.1. The molecule has 2 aromatic heterocycles. The number of ether oxygens (including phenoxy) is 2. The second kappa shape index (κ2) is 12.1. The fourth-order valence-corrected chi connectivity index (χ4v) is 7.66. The summed E-state index contributed by atoms with van der Waals surface area (Å²) in [4.78, 5) is 19.8. The lowest BCUT2D eigenvalue weighted by atomic mass is 9.82. The van der Waals surface area contributed by atoms with Gasteiger partial charge in [0.05, 0.1) is 5.69 Å². The first-order chi connectivity index (χ1) is 26.0. The molecule has 3 heterocycles. The predicted molar refractivity (Wildman–Crippen MR) is 209 cm³/mol. The summed E-state index contributed by atoms with van der Waals surface area (Å²) in [6.07, 6.45) is 1.80. The van der Waals surface area contributed by atoms with Crippen molar-refractivity contribution in [2.24, 2.45) is 0 Å². The number of nitrogens with zero attached hydrogens (tertiary/aromatic N) is 4. The van der Waals surface area contributed by atoms with E-state index in [-0.39, 0.29) is 5.41 Å². The van der Waals surface area contributed by atoms with Crippen LogP contribution < -0.4 is 9.47 Å². The first-order valence-electron chi connectivity index (χ1n) is 17.7. The maximum atomic E-state index is 7.00. The van der Waals surface area contributed by atoms with Crippen LogP contribution in [0.2, 0.25) is 0 Å². The highest BCUT2D eigenvalue weighted by atomic mass is 16.6. The Morgan fingerprint density at radius 3 is 1.91 bits per heavy atom. The Bertz CT molecular complexity index is 2710. The standard InChI is InChI=1S/C47H32N4O2/c1-47(2)36-22-9-8-20-35(36)41-37(47)25-26-40-43(41)53-42-33(21-13-24-39(42)52-40)32-18-6-7-19-34(32)46-50-44(29-14-4-3-5-15-29)49-45(51-46)31-17-12-16-30(28-31)38-23-10-11-27-48-38/h3-28H,1-2H3. The van der Waals surface area contributed by atoms with Crippen LogP contribution in [-0.4, -0.2) is 19.9 Å². The number of fused-ring (bicyclic) bond motifs is 6. The fraction of sp³-hybridized carbons (Fsp3) is 0.0638. The monoisotopic (exact) mass is 684 g/mol. The minimum Gasteiger partial charge on any atom is -0.449 e. The van der Waals surface area contributed by atoms with Crippen LogP contribution in [-0.2, 0) is 5.41 Å². The van der Waals surface area contributed by atoms with Crippen LogP contribution in [0, 0.1) is 0 Å². The van der Waals surface area contributed by atoms with Gasteiger partial charge in [-0.25, -0.2) is 15.0 Å². The van der Waals surface area contributed by atoms with Crippen LogP contribution in [0.4, 0.5) is 0 Å². The first-order valence-corrected chi connectivity index (χ1v) is 17.7. The lowest BCUT2D eigenvalue weighted by Gasteiger charge is -2.26. The number of rotatable bonds is 5. The zero-order chi connectivity index (χ0) is 35.5. The van der Waals surface area contributed by atoms with E-state index < -0.39 is 0 Å². The van der Waals surface area contributed by atoms with E-state index in [1.54, 1.807) is 6.20 Å². The molecule has 1 aliphatic heterocycles. The minimum absolute atomic E-state index is 0.166. The SMILES string of the molecule is CC1(C)c2ccccc2-c2c1ccc1c2Oc2c(cccc2-c2ccccc2-c2nc(-c3ccccc3)nc(-c3cccc(-c4ccccn4)c3)n2)O1. The number of hydrogen-bond donors (Lipinski definition) is 0. The molecule has 0 bridgehead atoms. The molecule has 0 spiro atoms. The van der Waals surface area contributed by atoms with E-state index >= 15 is 0 Å². The van der Waals surface area contributed by atoms with Crippen molar-refractivity contribution in [2.45, 2.75) is 19.3 Å². The molecule has 0 saturated carbocycles. The van der Waals surface area contributed by atoms with Crippen molar-refractivity contribution < 1.29 is 9.47 Å². The Morgan fingerprint density at radius 2 is 1.08 bits per heavy atom. The van der Waals surface area contributed by atoms with Gasteiger partial charge in [0.15, 0.2) is 40.5 Å². The molecule has 2 aliphatic rings. The summed E-state index contributed by atoms with van der Waals surface area (Å²) in [5.41, 5.74) is 10.9. The smallest absolute Gasteiger partial charge is 0.178 e. The average molecular weight is 685 g/mol. The molecule has 1 aliphatic carbocycles. The van der Waals surface area contributed by atoms with Crippen molar-refractivity contribution in [3.8, 4) is 90.7 Å². The van der Waals surface area contributed by atoms with Gasteiger partial charge in [0, 0.05) is 45.0 Å². The molecular weight excluding hydrogens is 653 g/mol. The van der Waals surface area contributed by atoms with Gasteiger partial charge in [-0.2, -0.15) is 0 Å².